The second-order valence-electron chi connectivity index (χ2n) is 5.56. The molecule has 8 heteroatoms. The van der Waals surface area contributed by atoms with Gasteiger partial charge in [0.1, 0.15) is 6.20 Å². The maximum atomic E-state index is 11.7. The number of nitrogens with zero attached hydrogens (tertiary/aromatic N) is 3. The molecule has 1 N–H and O–H groups in total. The molecule has 0 saturated carbocycles. The first-order valence-electron chi connectivity index (χ1n) is 8.23. The topological polar surface area (TPSA) is 81.5 Å². The highest BCUT2D eigenvalue weighted by atomic mass is 32.1. The van der Waals surface area contributed by atoms with E-state index in [2.05, 4.69) is 27.4 Å². The van der Waals surface area contributed by atoms with E-state index in [9.17, 15) is 4.79 Å². The van der Waals surface area contributed by atoms with Gasteiger partial charge >= 0.3 is 0 Å². The van der Waals surface area contributed by atoms with Crippen molar-refractivity contribution in [2.75, 3.05) is 13.7 Å². The highest BCUT2D eigenvalue weighted by Gasteiger charge is 2.05. The first kappa shape index (κ1) is 18.5. The maximum absolute atomic E-state index is 11.7. The van der Waals surface area contributed by atoms with Crippen LogP contribution in [0.3, 0.4) is 0 Å². The Kier molecular flexibility index (Phi) is 6.11. The lowest BCUT2D eigenvalue weighted by molar-refractivity contribution is 0.297. The standard InChI is InChI=1S/C19H18N4O3S/c1-25-17-11-15(12-21-23-18(24)13-20-22-19(23)27)7-8-16(17)26-10-9-14-5-3-2-4-6-14/h2-8,11-13H,9-10H2,1H3,(H,22,27)/b21-12+. The van der Waals surface area contributed by atoms with Crippen LogP contribution in [0.4, 0.5) is 0 Å². The predicted octanol–water partition coefficient (Wildman–Crippen LogP) is 2.81. The Bertz CT molecular complexity index is 1020. The average molecular weight is 382 g/mol. The zero-order valence-corrected chi connectivity index (χ0v) is 15.5. The first-order chi connectivity index (χ1) is 13.2. The lowest BCUT2D eigenvalue weighted by Crippen LogP contribution is -2.18. The summed E-state index contributed by atoms with van der Waals surface area (Å²) < 4.78 is 12.4. The Balaban J connectivity index is 1.71. The second kappa shape index (κ2) is 8.91. The normalized spacial score (nSPS) is 10.9. The number of methoxy groups -OCH3 is 1. The molecule has 0 radical (unpaired) electrons. The molecule has 0 amide bonds. The van der Waals surface area contributed by atoms with Gasteiger partial charge in [0.05, 0.1) is 19.9 Å². The smallest absolute Gasteiger partial charge is 0.293 e. The third-order valence-corrected chi connectivity index (χ3v) is 4.00. The average Bonchev–Trinajstić information content (AvgIpc) is 2.69. The molecule has 0 atom stereocenters. The summed E-state index contributed by atoms with van der Waals surface area (Å²) in [6.45, 7) is 0.537. The van der Waals surface area contributed by atoms with Crippen LogP contribution in [0.15, 0.2) is 64.6 Å². The number of nitrogens with one attached hydrogen (secondary N) is 1. The fourth-order valence-corrected chi connectivity index (χ4v) is 2.58. The van der Waals surface area contributed by atoms with Crippen molar-refractivity contribution in [3.63, 3.8) is 0 Å². The van der Waals surface area contributed by atoms with Gasteiger partial charge in [-0.1, -0.05) is 30.3 Å². The minimum Gasteiger partial charge on any atom is -0.493 e. The van der Waals surface area contributed by atoms with Gasteiger partial charge < -0.3 is 9.47 Å². The zero-order chi connectivity index (χ0) is 19.1. The fourth-order valence-electron chi connectivity index (χ4n) is 2.39. The Labute approximate surface area is 160 Å². The molecule has 0 spiro atoms. The molecule has 0 bridgehead atoms. The van der Waals surface area contributed by atoms with Crippen molar-refractivity contribution in [1.29, 1.82) is 0 Å². The molecule has 2 aromatic carbocycles. The summed E-state index contributed by atoms with van der Waals surface area (Å²) in [5.74, 6) is 1.23. The minimum absolute atomic E-state index is 0.117. The van der Waals surface area contributed by atoms with Gasteiger partial charge in [0.15, 0.2) is 11.5 Å². The Morgan fingerprint density at radius 3 is 2.78 bits per heavy atom. The van der Waals surface area contributed by atoms with Crippen LogP contribution < -0.4 is 15.0 Å². The highest BCUT2D eigenvalue weighted by Crippen LogP contribution is 2.27. The van der Waals surface area contributed by atoms with E-state index in [1.165, 1.54) is 11.8 Å². The van der Waals surface area contributed by atoms with E-state index < -0.39 is 5.56 Å². The van der Waals surface area contributed by atoms with Crippen LogP contribution in [0.25, 0.3) is 0 Å². The lowest BCUT2D eigenvalue weighted by atomic mass is 10.2. The van der Waals surface area contributed by atoms with Gasteiger partial charge in [-0.2, -0.15) is 14.9 Å². The van der Waals surface area contributed by atoms with Crippen LogP contribution in [-0.4, -0.2) is 34.8 Å². The molecule has 0 aliphatic carbocycles. The van der Waals surface area contributed by atoms with Crippen molar-refractivity contribution in [3.05, 3.63) is 81.0 Å². The molecular formula is C19H18N4O3S. The summed E-state index contributed by atoms with van der Waals surface area (Å²) in [4.78, 5) is 11.7. The van der Waals surface area contributed by atoms with Gasteiger partial charge in [0, 0.05) is 6.42 Å². The lowest BCUT2D eigenvalue weighted by Gasteiger charge is -2.11. The van der Waals surface area contributed by atoms with Gasteiger partial charge in [0.2, 0.25) is 4.77 Å². The Morgan fingerprint density at radius 1 is 1.22 bits per heavy atom. The first-order valence-corrected chi connectivity index (χ1v) is 8.64. The predicted molar refractivity (Wildman–Crippen MR) is 105 cm³/mol. The summed E-state index contributed by atoms with van der Waals surface area (Å²) >= 11 is 5.00. The summed E-state index contributed by atoms with van der Waals surface area (Å²) in [7, 11) is 1.57. The van der Waals surface area contributed by atoms with Gasteiger partial charge in [-0.3, -0.25) is 9.89 Å². The van der Waals surface area contributed by atoms with Gasteiger partial charge in [-0.15, -0.1) is 0 Å². The summed E-state index contributed by atoms with van der Waals surface area (Å²) in [5.41, 5.74) is 1.53. The third-order valence-electron chi connectivity index (χ3n) is 3.74. The van der Waals surface area contributed by atoms with Crippen LogP contribution in [-0.2, 0) is 6.42 Å². The fraction of sp³-hybridized carbons (Fsp3) is 0.158. The van der Waals surface area contributed by atoms with Crippen LogP contribution in [0.5, 0.6) is 11.5 Å². The number of ether oxygens (including phenoxy) is 2. The number of hydrogen-bond acceptors (Lipinski definition) is 6. The van der Waals surface area contributed by atoms with Crippen molar-refractivity contribution in [2.45, 2.75) is 6.42 Å². The number of hydrogen-bond donors (Lipinski definition) is 1. The van der Waals surface area contributed by atoms with Crippen LogP contribution >= 0.6 is 12.2 Å². The molecule has 138 valence electrons. The molecule has 0 fully saturated rings. The van der Waals surface area contributed by atoms with Crippen molar-refractivity contribution in [3.8, 4) is 11.5 Å². The maximum Gasteiger partial charge on any atom is 0.293 e. The monoisotopic (exact) mass is 382 g/mol. The van der Waals surface area contributed by atoms with Gasteiger partial charge in [-0.05, 0) is 41.5 Å². The molecule has 1 aromatic heterocycles. The highest BCUT2D eigenvalue weighted by molar-refractivity contribution is 7.71. The van der Waals surface area contributed by atoms with E-state index in [0.717, 1.165) is 22.9 Å². The van der Waals surface area contributed by atoms with E-state index >= 15 is 0 Å². The van der Waals surface area contributed by atoms with Crippen molar-refractivity contribution in [2.24, 2.45) is 5.10 Å². The van der Waals surface area contributed by atoms with Crippen molar-refractivity contribution >= 4 is 18.4 Å². The Hall–Kier alpha value is -3.26. The quantitative estimate of drug-likeness (QED) is 0.502. The molecule has 3 rings (SSSR count). The Morgan fingerprint density at radius 2 is 2.04 bits per heavy atom. The van der Waals surface area contributed by atoms with Gasteiger partial charge in [-0.25, -0.2) is 0 Å². The van der Waals surface area contributed by atoms with Crippen LogP contribution in [0.1, 0.15) is 11.1 Å². The van der Waals surface area contributed by atoms with Gasteiger partial charge in [0.25, 0.3) is 5.56 Å². The molecule has 3 aromatic rings. The number of benzene rings is 2. The van der Waals surface area contributed by atoms with Crippen molar-refractivity contribution in [1.82, 2.24) is 14.9 Å². The summed E-state index contributed by atoms with van der Waals surface area (Å²) in [6.07, 6.45) is 3.43. The van der Waals surface area contributed by atoms with E-state index in [1.807, 2.05) is 24.3 Å². The summed E-state index contributed by atoms with van der Waals surface area (Å²) in [5, 5.41) is 10.2. The van der Waals surface area contributed by atoms with E-state index in [0.29, 0.717) is 18.1 Å². The molecule has 0 saturated heterocycles. The zero-order valence-electron chi connectivity index (χ0n) is 14.7. The molecule has 0 unspecified atom stereocenters. The van der Waals surface area contributed by atoms with Crippen LogP contribution in [0.2, 0.25) is 0 Å². The summed E-state index contributed by atoms with van der Waals surface area (Å²) in [6, 6.07) is 15.5. The van der Waals surface area contributed by atoms with Crippen LogP contribution in [0, 0.1) is 4.77 Å². The van der Waals surface area contributed by atoms with E-state index in [1.54, 1.807) is 19.2 Å². The number of aromatic amines is 1. The molecule has 7 nitrogen and oxygen atoms in total. The minimum atomic E-state index is -0.414. The number of rotatable bonds is 7. The van der Waals surface area contributed by atoms with E-state index in [-0.39, 0.29) is 4.77 Å². The number of H-pyrrole nitrogens is 1. The molecule has 0 aliphatic rings. The number of aromatic nitrogens is 3. The van der Waals surface area contributed by atoms with E-state index in [4.69, 9.17) is 21.7 Å². The third kappa shape index (κ3) is 4.89. The largest absolute Gasteiger partial charge is 0.493 e. The molecule has 1 heterocycles. The molecule has 27 heavy (non-hydrogen) atoms. The molecular weight excluding hydrogens is 364 g/mol. The van der Waals surface area contributed by atoms with Crippen molar-refractivity contribution < 1.29 is 9.47 Å². The molecule has 0 aliphatic heterocycles. The SMILES string of the molecule is COc1cc(/C=N/n2c(=O)cn[nH]c2=S)ccc1OCCc1ccccc1. The second-order valence-corrected chi connectivity index (χ2v) is 5.95.